The van der Waals surface area contributed by atoms with Crippen LogP contribution in [0, 0.1) is 5.92 Å². The van der Waals surface area contributed by atoms with Gasteiger partial charge in [-0.2, -0.15) is 0 Å². The fourth-order valence-electron chi connectivity index (χ4n) is 4.30. The largest absolute Gasteiger partial charge is 0.369 e. The van der Waals surface area contributed by atoms with Gasteiger partial charge in [-0.05, 0) is 11.6 Å². The topological polar surface area (TPSA) is 109 Å². The van der Waals surface area contributed by atoms with Crippen LogP contribution in [0.3, 0.4) is 0 Å². The molecule has 1 aliphatic rings. The molecule has 3 heterocycles. The highest BCUT2D eigenvalue weighted by Gasteiger charge is 2.28. The number of rotatable bonds is 5. The third kappa shape index (κ3) is 3.90. The second-order valence-electron chi connectivity index (χ2n) is 8.19. The van der Waals surface area contributed by atoms with E-state index in [2.05, 4.69) is 0 Å². The maximum absolute atomic E-state index is 13.0. The number of carbonyl (C=O) groups is 1. The Morgan fingerprint density at radius 3 is 2.52 bits per heavy atom. The van der Waals surface area contributed by atoms with E-state index < -0.39 is 5.69 Å². The Morgan fingerprint density at radius 1 is 1.19 bits per heavy atom. The van der Waals surface area contributed by atoms with E-state index in [0.717, 1.165) is 36.1 Å². The molecular weight excluding hydrogens is 420 g/mol. The molecule has 3 aromatic rings. The predicted octanol–water partition coefficient (Wildman–Crippen LogP) is -0.584. The summed E-state index contributed by atoms with van der Waals surface area (Å²) in [5, 5.41) is 0.603. The van der Waals surface area contributed by atoms with Gasteiger partial charge >= 0.3 is 5.69 Å². The first-order chi connectivity index (χ1) is 14.8. The van der Waals surface area contributed by atoms with Crippen molar-refractivity contribution in [2.24, 2.45) is 25.7 Å². The Kier molecular flexibility index (Phi) is 5.72. The maximum atomic E-state index is 13.0. The molecule has 1 saturated heterocycles. The van der Waals surface area contributed by atoms with E-state index in [1.165, 1.54) is 16.5 Å². The Morgan fingerprint density at radius 2 is 1.87 bits per heavy atom. The molecule has 0 atom stereocenters. The summed E-state index contributed by atoms with van der Waals surface area (Å²) in [6.45, 7) is 2.53. The van der Waals surface area contributed by atoms with Gasteiger partial charge in [-0.15, -0.1) is 0 Å². The number of primary amides is 1. The Hall–Kier alpha value is -2.91. The molecule has 31 heavy (non-hydrogen) atoms. The van der Waals surface area contributed by atoms with Crippen molar-refractivity contribution in [3.63, 3.8) is 0 Å². The highest BCUT2D eigenvalue weighted by atomic mass is 35.5. The van der Waals surface area contributed by atoms with E-state index in [0.29, 0.717) is 35.1 Å². The van der Waals surface area contributed by atoms with E-state index in [-0.39, 0.29) is 17.4 Å². The van der Waals surface area contributed by atoms with E-state index in [4.69, 9.17) is 22.3 Å². The quantitative estimate of drug-likeness (QED) is 0.547. The van der Waals surface area contributed by atoms with Crippen molar-refractivity contribution in [2.75, 3.05) is 13.1 Å². The molecule has 4 rings (SSSR count). The van der Waals surface area contributed by atoms with E-state index >= 15 is 0 Å². The minimum Gasteiger partial charge on any atom is -0.369 e. The molecule has 0 saturated carbocycles. The first-order valence-electron chi connectivity index (χ1n) is 10.3. The molecule has 1 aromatic carbocycles. The molecule has 3 N–H and O–H groups in total. The number of nitrogens with two attached hydrogens (primary N) is 1. The molecule has 0 bridgehead atoms. The van der Waals surface area contributed by atoms with Crippen molar-refractivity contribution in [2.45, 2.75) is 25.9 Å². The zero-order valence-corrected chi connectivity index (χ0v) is 18.4. The lowest BCUT2D eigenvalue weighted by molar-refractivity contribution is -0.920. The van der Waals surface area contributed by atoms with Gasteiger partial charge in [0.2, 0.25) is 5.91 Å². The number of imidazole rings is 1. The van der Waals surface area contributed by atoms with E-state index in [1.54, 1.807) is 7.05 Å². The lowest BCUT2D eigenvalue weighted by Gasteiger charge is -2.27. The van der Waals surface area contributed by atoms with Crippen LogP contribution >= 0.6 is 11.6 Å². The molecule has 2 aromatic heterocycles. The first kappa shape index (κ1) is 21.3. The number of likely N-dealkylation sites (tertiary alicyclic amines) is 1. The summed E-state index contributed by atoms with van der Waals surface area (Å²) >= 11 is 6.39. The minimum absolute atomic E-state index is 0.0844. The SMILES string of the molecule is Cn1c(=O)c2c(nc(C[NH+]3CCC(C(N)=O)CC3)n2Cc2ccccc2Cl)n(C)c1=O. The summed E-state index contributed by atoms with van der Waals surface area (Å²) < 4.78 is 4.37. The van der Waals surface area contributed by atoms with Crippen LogP contribution in [0.2, 0.25) is 5.02 Å². The number of halogens is 1. The summed E-state index contributed by atoms with van der Waals surface area (Å²) in [6.07, 6.45) is 1.46. The summed E-state index contributed by atoms with van der Waals surface area (Å²) in [6, 6.07) is 7.47. The van der Waals surface area contributed by atoms with Crippen LogP contribution in [0.5, 0.6) is 0 Å². The number of hydrogen-bond acceptors (Lipinski definition) is 4. The molecule has 9 nitrogen and oxygen atoms in total. The molecule has 1 aliphatic heterocycles. The normalized spacial score (nSPS) is 19.1. The van der Waals surface area contributed by atoms with Crippen LogP contribution in [-0.4, -0.2) is 37.7 Å². The predicted molar refractivity (Wildman–Crippen MR) is 117 cm³/mol. The van der Waals surface area contributed by atoms with Crippen molar-refractivity contribution in [1.82, 2.24) is 18.7 Å². The van der Waals surface area contributed by atoms with Crippen molar-refractivity contribution >= 4 is 28.7 Å². The number of hydrogen-bond donors (Lipinski definition) is 2. The number of aryl methyl sites for hydroxylation is 1. The van der Waals surface area contributed by atoms with Gasteiger partial charge in [0.1, 0.15) is 6.54 Å². The number of piperidine rings is 1. The van der Waals surface area contributed by atoms with Gasteiger partial charge in [0.15, 0.2) is 17.0 Å². The van der Waals surface area contributed by atoms with E-state index in [1.807, 2.05) is 28.8 Å². The lowest BCUT2D eigenvalue weighted by atomic mass is 9.96. The van der Waals surface area contributed by atoms with Gasteiger partial charge in [-0.25, -0.2) is 9.78 Å². The van der Waals surface area contributed by atoms with Gasteiger partial charge in [0.05, 0.1) is 19.6 Å². The van der Waals surface area contributed by atoms with Gasteiger partial charge in [-0.3, -0.25) is 18.7 Å². The zero-order chi connectivity index (χ0) is 22.3. The zero-order valence-electron chi connectivity index (χ0n) is 17.6. The van der Waals surface area contributed by atoms with Gasteiger partial charge < -0.3 is 15.2 Å². The third-order valence-electron chi connectivity index (χ3n) is 6.22. The number of benzene rings is 1. The number of nitrogens with one attached hydrogen (secondary N) is 1. The maximum Gasteiger partial charge on any atom is 0.332 e. The van der Waals surface area contributed by atoms with E-state index in [9.17, 15) is 14.4 Å². The average Bonchev–Trinajstić information content (AvgIpc) is 3.10. The first-order valence-corrected chi connectivity index (χ1v) is 10.7. The van der Waals surface area contributed by atoms with Gasteiger partial charge in [0, 0.05) is 37.9 Å². The summed E-state index contributed by atoms with van der Waals surface area (Å²) in [5.74, 6) is 0.378. The fourth-order valence-corrected chi connectivity index (χ4v) is 4.50. The van der Waals surface area contributed by atoms with Crippen molar-refractivity contribution in [1.29, 1.82) is 0 Å². The molecule has 1 fully saturated rings. The Labute approximate surface area is 183 Å². The molecule has 0 radical (unpaired) electrons. The highest BCUT2D eigenvalue weighted by Crippen LogP contribution is 2.20. The molecular formula is C21H26ClN6O3+. The molecule has 1 amide bonds. The lowest BCUT2D eigenvalue weighted by Crippen LogP contribution is -3.12. The molecule has 10 heteroatoms. The number of aromatic nitrogens is 4. The molecule has 0 unspecified atom stereocenters. The fraction of sp³-hybridized carbons (Fsp3) is 0.429. The van der Waals surface area contributed by atoms with Crippen LogP contribution < -0.4 is 21.9 Å². The summed E-state index contributed by atoms with van der Waals surface area (Å²) in [7, 11) is 3.09. The van der Waals surface area contributed by atoms with Crippen LogP contribution in [0.4, 0.5) is 0 Å². The second kappa shape index (κ2) is 8.32. The number of quaternary nitrogens is 1. The van der Waals surface area contributed by atoms with Crippen molar-refractivity contribution in [3.05, 3.63) is 61.5 Å². The Balaban J connectivity index is 1.79. The number of carbonyl (C=O) groups excluding carboxylic acids is 1. The Bertz CT molecular complexity index is 1270. The molecule has 0 spiro atoms. The summed E-state index contributed by atoms with van der Waals surface area (Å²) in [4.78, 5) is 42.9. The number of nitrogens with zero attached hydrogens (tertiary/aromatic N) is 4. The van der Waals surface area contributed by atoms with Crippen LogP contribution in [0.15, 0.2) is 33.9 Å². The van der Waals surface area contributed by atoms with Crippen LogP contribution in [-0.2, 0) is 32.0 Å². The number of fused-ring (bicyclic) bond motifs is 1. The average molecular weight is 446 g/mol. The van der Waals surface area contributed by atoms with Crippen LogP contribution in [0.25, 0.3) is 11.2 Å². The monoisotopic (exact) mass is 445 g/mol. The van der Waals surface area contributed by atoms with Crippen molar-refractivity contribution in [3.8, 4) is 0 Å². The van der Waals surface area contributed by atoms with Crippen molar-refractivity contribution < 1.29 is 9.69 Å². The summed E-state index contributed by atoms with van der Waals surface area (Å²) in [5.41, 5.74) is 6.26. The number of amides is 1. The highest BCUT2D eigenvalue weighted by molar-refractivity contribution is 6.31. The second-order valence-corrected chi connectivity index (χ2v) is 8.59. The standard InChI is InChI=1S/C21H25ClN6O3/c1-25-19-17(20(30)26(2)21(25)31)28(11-14-5-3-4-6-15(14)22)16(24-19)12-27-9-7-13(8-10-27)18(23)29/h3-6,13H,7-12H2,1-2H3,(H2,23,29)/p+1. The molecule has 164 valence electrons. The minimum atomic E-state index is -0.416. The third-order valence-corrected chi connectivity index (χ3v) is 6.59. The molecule has 0 aliphatic carbocycles. The smallest absolute Gasteiger partial charge is 0.332 e. The van der Waals surface area contributed by atoms with Crippen LogP contribution in [0.1, 0.15) is 24.2 Å². The van der Waals surface area contributed by atoms with Gasteiger partial charge in [-0.1, -0.05) is 29.8 Å². The van der Waals surface area contributed by atoms with Gasteiger partial charge in [0.25, 0.3) is 5.56 Å².